The molecule has 0 aromatic heterocycles. The number of rotatable bonds is 12. The van der Waals surface area contributed by atoms with Gasteiger partial charge in [0.15, 0.2) is 31.3 Å². The summed E-state index contributed by atoms with van der Waals surface area (Å²) in [5.41, 5.74) is -3.43. The van der Waals surface area contributed by atoms with Crippen LogP contribution in [0.15, 0.2) is 0 Å². The third-order valence-electron chi connectivity index (χ3n) is 22.8. The maximum Gasteiger partial charge on any atom is 0.335 e. The molecular weight excluding hydrogens is 1070 g/mol. The highest BCUT2D eigenvalue weighted by atomic mass is 16.8. The minimum Gasteiger partial charge on any atom is -0.479 e. The van der Waals surface area contributed by atoms with Crippen LogP contribution in [0.25, 0.3) is 0 Å². The molecule has 0 aromatic rings. The number of carbonyl (C=O) groups excluding carboxylic acids is 1. The Kier molecular flexibility index (Phi) is 16.7. The van der Waals surface area contributed by atoms with Gasteiger partial charge in [-0.3, -0.25) is 4.79 Å². The number of carbonyl (C=O) groups is 2. The van der Waals surface area contributed by atoms with Crippen molar-refractivity contribution in [3.05, 3.63) is 0 Å². The van der Waals surface area contributed by atoms with Gasteiger partial charge in [0.2, 0.25) is 0 Å². The van der Waals surface area contributed by atoms with Crippen LogP contribution in [0.1, 0.15) is 120 Å². The number of aliphatic carboxylic acids is 1. The molecular formula is C56H90O25. The summed E-state index contributed by atoms with van der Waals surface area (Å²) in [6.45, 7) is 16.8. The SMILES string of the molecule is CC(=O)O[C@H]1CC(C)(C)C[C@@H]2[C@]13CO[C@@]21CC[C@@H]2[C@@]4(C)CC[C@H](O[C@@H]5O[C@H](C(=O)O)[C@@H](O)[C@H](O[C@@H]6O[C@H](CO)[C@H](O)[C@H](O)[C@H]6O[C@@H]6O[C@@H](C)[C@H](O)[C@@H](O)[C@H]6O)[C@H]5O[C@@H]5O[C@H](CO)[C@@H](O)[C@H](O)[C@H]5O)C(C)(C)[C@@H]4CC[C@@]2(C)[C@]1(C)C[C@H]3O. The highest BCUT2D eigenvalue weighted by molar-refractivity contribution is 5.73. The molecule has 5 saturated carbocycles. The Hall–Kier alpha value is -1.90. The molecule has 25 heteroatoms. The first-order valence-corrected chi connectivity index (χ1v) is 29.1. The van der Waals surface area contributed by atoms with E-state index in [0.717, 1.165) is 25.7 Å². The molecule has 10 rings (SSSR count). The highest BCUT2D eigenvalue weighted by Gasteiger charge is 2.82. The lowest BCUT2D eigenvalue weighted by Crippen LogP contribution is -2.75. The summed E-state index contributed by atoms with van der Waals surface area (Å²) in [7, 11) is 0. The number of fused-ring (bicyclic) bond motifs is 4. The quantitative estimate of drug-likeness (QED) is 0.0766. The molecule has 81 heavy (non-hydrogen) atoms. The van der Waals surface area contributed by atoms with Gasteiger partial charge in [0.1, 0.15) is 91.6 Å². The van der Waals surface area contributed by atoms with Crippen LogP contribution in [-0.2, 0) is 57.0 Å². The van der Waals surface area contributed by atoms with Gasteiger partial charge in [0.05, 0.1) is 49.1 Å². The van der Waals surface area contributed by atoms with E-state index in [1.807, 2.05) is 0 Å². The molecule has 2 bridgehead atoms. The zero-order valence-corrected chi connectivity index (χ0v) is 47.7. The van der Waals surface area contributed by atoms with E-state index in [4.69, 9.17) is 47.4 Å². The van der Waals surface area contributed by atoms with Crippen molar-refractivity contribution in [2.75, 3.05) is 19.8 Å². The summed E-state index contributed by atoms with van der Waals surface area (Å²) in [6, 6.07) is 0. The zero-order chi connectivity index (χ0) is 59.2. The largest absolute Gasteiger partial charge is 0.479 e. The van der Waals surface area contributed by atoms with E-state index < -0.39 is 182 Å². The maximum atomic E-state index is 13.2. The second kappa shape index (κ2) is 21.8. The van der Waals surface area contributed by atoms with Gasteiger partial charge in [0.25, 0.3) is 0 Å². The Morgan fingerprint density at radius 1 is 0.543 bits per heavy atom. The van der Waals surface area contributed by atoms with Gasteiger partial charge in [-0.05, 0) is 98.2 Å². The van der Waals surface area contributed by atoms with E-state index in [1.165, 1.54) is 13.8 Å². The average Bonchev–Trinajstić information content (AvgIpc) is 1.69. The third kappa shape index (κ3) is 9.51. The predicted molar refractivity (Wildman–Crippen MR) is 272 cm³/mol. The second-order valence-corrected chi connectivity index (χ2v) is 27.8. The Morgan fingerprint density at radius 2 is 1.11 bits per heavy atom. The van der Waals surface area contributed by atoms with Crippen LogP contribution >= 0.6 is 0 Å². The first kappa shape index (κ1) is 62.2. The lowest BCUT2D eigenvalue weighted by Gasteiger charge is -2.75. The monoisotopic (exact) mass is 1160 g/mol. The summed E-state index contributed by atoms with van der Waals surface area (Å²) in [6.07, 6.45) is -33.6. The van der Waals surface area contributed by atoms with Crippen molar-refractivity contribution in [2.24, 2.45) is 50.2 Å². The Bertz CT molecular complexity index is 2290. The minimum atomic E-state index is -2.25. The van der Waals surface area contributed by atoms with Gasteiger partial charge < -0.3 is 114 Å². The molecule has 10 aliphatic rings. The van der Waals surface area contributed by atoms with Gasteiger partial charge in [-0.2, -0.15) is 0 Å². The zero-order valence-electron chi connectivity index (χ0n) is 47.7. The van der Waals surface area contributed by atoms with Crippen LogP contribution < -0.4 is 0 Å². The van der Waals surface area contributed by atoms with Crippen molar-refractivity contribution in [1.29, 1.82) is 0 Å². The van der Waals surface area contributed by atoms with Crippen LogP contribution in [0.3, 0.4) is 0 Å². The standard InChI is InChI=1S/C56H90O25/c1-22-32(61)35(64)38(67)46(73-22)80-43-37(66)34(63)25(20-58)76-48(43)78-41-40(69)42(45(70)71)79-49(44(41)81-47-39(68)36(65)33(62)24(19-57)75-47)77-30-12-13-52(7)26(51(30,5)6)10-14-53(8)27(52)11-15-56-28-16-50(3,4)18-31(74-23(2)59)55(28,21-72-56)29(60)17-54(53,56)9/h22,24-44,46-49,57-58,60-69H,10-21H2,1-9H3,(H,70,71)/t22-,24+,25+,26-,27+,28+,29+,30-,31-,32-,33+,34-,35+,36-,37-,38+,39+,40-,41-,42-,43+,44+,46-,47-,48-,49+,52-,53+,54-,55-,56-/m0/s1. The molecule has 1 spiro atoms. The van der Waals surface area contributed by atoms with Crippen LogP contribution in [0.5, 0.6) is 0 Å². The number of hydrogen-bond acceptors (Lipinski definition) is 24. The third-order valence-corrected chi connectivity index (χ3v) is 22.8. The van der Waals surface area contributed by atoms with Crippen molar-refractivity contribution in [1.82, 2.24) is 0 Å². The number of carboxylic acid groups (broad SMARTS) is 1. The molecule has 0 amide bonds. The number of aliphatic hydroxyl groups excluding tert-OH is 12. The second-order valence-electron chi connectivity index (χ2n) is 27.8. The number of esters is 1. The van der Waals surface area contributed by atoms with Gasteiger partial charge in [-0.1, -0.05) is 48.5 Å². The fourth-order valence-electron chi connectivity index (χ4n) is 18.4. The van der Waals surface area contributed by atoms with E-state index >= 15 is 0 Å². The maximum absolute atomic E-state index is 13.2. The van der Waals surface area contributed by atoms with Crippen LogP contribution in [0, 0.1) is 50.2 Å². The highest BCUT2D eigenvalue weighted by Crippen LogP contribution is 2.81. The number of aliphatic hydroxyl groups is 12. The van der Waals surface area contributed by atoms with Crippen molar-refractivity contribution < 1.29 is 123 Å². The normalized spacial score (nSPS) is 55.6. The Morgan fingerprint density at radius 3 is 1.74 bits per heavy atom. The van der Waals surface area contributed by atoms with E-state index in [-0.39, 0.29) is 40.0 Å². The summed E-state index contributed by atoms with van der Waals surface area (Å²) in [5, 5.41) is 144. The van der Waals surface area contributed by atoms with Crippen LogP contribution in [0.4, 0.5) is 0 Å². The van der Waals surface area contributed by atoms with Gasteiger partial charge >= 0.3 is 11.9 Å². The average molecular weight is 1160 g/mol. The molecule has 13 N–H and O–H groups in total. The van der Waals surface area contributed by atoms with E-state index in [2.05, 4.69) is 48.5 Å². The van der Waals surface area contributed by atoms with Crippen LogP contribution in [-0.4, -0.2) is 245 Å². The molecule has 5 saturated heterocycles. The van der Waals surface area contributed by atoms with Crippen molar-refractivity contribution in [3.63, 3.8) is 0 Å². The topological polar surface area (TPSA) is 389 Å². The van der Waals surface area contributed by atoms with E-state index in [9.17, 15) is 76.0 Å². The lowest BCUT2D eigenvalue weighted by molar-refractivity contribution is -0.406. The van der Waals surface area contributed by atoms with E-state index in [0.29, 0.717) is 38.7 Å². The molecule has 31 atom stereocenters. The fraction of sp³-hybridized carbons (Fsp3) is 0.964. The minimum absolute atomic E-state index is 0.0450. The summed E-state index contributed by atoms with van der Waals surface area (Å²) >= 11 is 0. The van der Waals surface area contributed by atoms with Gasteiger partial charge in [-0.25, -0.2) is 4.79 Å². The first-order chi connectivity index (χ1) is 37.8. The number of hydrogen-bond donors (Lipinski definition) is 13. The van der Waals surface area contributed by atoms with Gasteiger partial charge in [0, 0.05) is 18.3 Å². The molecule has 0 aromatic carbocycles. The summed E-state index contributed by atoms with van der Waals surface area (Å²) < 4.78 is 62.6. The molecule has 10 fully saturated rings. The fourth-order valence-corrected chi connectivity index (χ4v) is 18.4. The smallest absolute Gasteiger partial charge is 0.335 e. The predicted octanol–water partition coefficient (Wildman–Crippen LogP) is -1.69. The molecule has 25 nitrogen and oxygen atoms in total. The summed E-state index contributed by atoms with van der Waals surface area (Å²) in [5.74, 6) is -2.06. The molecule has 0 radical (unpaired) electrons. The number of ether oxygens (including phenoxy) is 10. The van der Waals surface area contributed by atoms with E-state index in [1.54, 1.807) is 0 Å². The van der Waals surface area contributed by atoms with Crippen molar-refractivity contribution in [3.8, 4) is 0 Å². The molecule has 464 valence electrons. The Labute approximate surface area is 471 Å². The van der Waals surface area contributed by atoms with Crippen molar-refractivity contribution in [2.45, 2.75) is 267 Å². The molecule has 5 heterocycles. The molecule has 5 aliphatic heterocycles. The Balaban J connectivity index is 0.968. The van der Waals surface area contributed by atoms with Gasteiger partial charge in [-0.15, -0.1) is 0 Å². The molecule has 5 aliphatic carbocycles. The van der Waals surface area contributed by atoms with Crippen molar-refractivity contribution >= 4 is 11.9 Å². The number of carboxylic acids is 1. The first-order valence-electron chi connectivity index (χ1n) is 29.1. The molecule has 0 unspecified atom stereocenters. The summed E-state index contributed by atoms with van der Waals surface area (Å²) in [4.78, 5) is 25.8. The lowest BCUT2D eigenvalue weighted by atomic mass is 9.30. The van der Waals surface area contributed by atoms with Crippen LogP contribution in [0.2, 0.25) is 0 Å².